The van der Waals surface area contributed by atoms with Crippen LogP contribution in [0.3, 0.4) is 0 Å². The molecule has 0 spiro atoms. The molecule has 4 rings (SSSR count). The van der Waals surface area contributed by atoms with E-state index < -0.39 is 5.41 Å². The SMILES string of the molecule is CCOC(=O)C1(Cc2ccccc2)CCN(Cc2nccn2-c2cccc(C)c2)CC1. The lowest BCUT2D eigenvalue weighted by Gasteiger charge is -2.40. The molecule has 0 N–H and O–H groups in total. The molecule has 31 heavy (non-hydrogen) atoms. The molecule has 3 aromatic rings. The normalized spacial score (nSPS) is 16.2. The number of imidazole rings is 1. The van der Waals surface area contributed by atoms with Crippen molar-refractivity contribution in [2.45, 2.75) is 39.7 Å². The standard InChI is InChI=1S/C26H31N3O2/c1-3-31-25(30)26(19-22-9-5-4-6-10-22)12-15-28(16-13-26)20-24-27-14-17-29(24)23-11-7-8-21(2)18-23/h4-11,14,17-18H,3,12-13,15-16,19-20H2,1-2H3. The number of aromatic nitrogens is 2. The Balaban J connectivity index is 1.47. The van der Waals surface area contributed by atoms with E-state index in [9.17, 15) is 4.79 Å². The van der Waals surface area contributed by atoms with Crippen molar-refractivity contribution in [2.24, 2.45) is 5.41 Å². The Hall–Kier alpha value is -2.92. The molecule has 1 fully saturated rings. The monoisotopic (exact) mass is 417 g/mol. The van der Waals surface area contributed by atoms with Crippen molar-refractivity contribution in [3.8, 4) is 5.69 Å². The highest BCUT2D eigenvalue weighted by atomic mass is 16.5. The molecule has 0 saturated carbocycles. The summed E-state index contributed by atoms with van der Waals surface area (Å²) in [6.45, 7) is 6.89. The fourth-order valence-electron chi connectivity index (χ4n) is 4.53. The van der Waals surface area contributed by atoms with E-state index in [1.165, 1.54) is 11.1 Å². The van der Waals surface area contributed by atoms with Crippen LogP contribution < -0.4 is 0 Å². The summed E-state index contributed by atoms with van der Waals surface area (Å²) < 4.78 is 7.67. The van der Waals surface area contributed by atoms with E-state index in [1.54, 1.807) is 0 Å². The summed E-state index contributed by atoms with van der Waals surface area (Å²) in [5, 5.41) is 0. The molecule has 0 aliphatic carbocycles. The van der Waals surface area contributed by atoms with Crippen molar-refractivity contribution in [3.05, 3.63) is 83.9 Å². The summed E-state index contributed by atoms with van der Waals surface area (Å²) >= 11 is 0. The number of piperidine rings is 1. The molecule has 0 unspecified atom stereocenters. The highest BCUT2D eigenvalue weighted by Gasteiger charge is 2.42. The van der Waals surface area contributed by atoms with Crippen LogP contribution >= 0.6 is 0 Å². The van der Waals surface area contributed by atoms with Gasteiger partial charge in [-0.2, -0.15) is 0 Å². The molecule has 5 heteroatoms. The van der Waals surface area contributed by atoms with Crippen LogP contribution in [0, 0.1) is 12.3 Å². The Morgan fingerprint density at radius 2 is 1.87 bits per heavy atom. The van der Waals surface area contributed by atoms with E-state index in [-0.39, 0.29) is 5.97 Å². The zero-order valence-electron chi connectivity index (χ0n) is 18.5. The Bertz CT molecular complexity index is 1000. The average molecular weight is 418 g/mol. The van der Waals surface area contributed by atoms with E-state index in [2.05, 4.69) is 57.8 Å². The van der Waals surface area contributed by atoms with Crippen LogP contribution in [0.4, 0.5) is 0 Å². The largest absolute Gasteiger partial charge is 0.466 e. The molecule has 2 heterocycles. The Kier molecular flexibility index (Phi) is 6.52. The maximum absolute atomic E-state index is 13.0. The first-order chi connectivity index (χ1) is 15.1. The van der Waals surface area contributed by atoms with Crippen molar-refractivity contribution in [3.63, 3.8) is 0 Å². The van der Waals surface area contributed by atoms with Gasteiger partial charge in [0, 0.05) is 18.1 Å². The molecule has 1 aliphatic rings. The van der Waals surface area contributed by atoms with Crippen LogP contribution in [0.5, 0.6) is 0 Å². The number of carbonyl (C=O) groups excluding carboxylic acids is 1. The number of hydrogen-bond donors (Lipinski definition) is 0. The van der Waals surface area contributed by atoms with Gasteiger partial charge in [0.05, 0.1) is 18.6 Å². The third-order valence-corrected chi connectivity index (χ3v) is 6.27. The summed E-state index contributed by atoms with van der Waals surface area (Å²) in [7, 11) is 0. The molecule has 1 saturated heterocycles. The van der Waals surface area contributed by atoms with Crippen LogP contribution in [-0.4, -0.2) is 40.1 Å². The first kappa shape index (κ1) is 21.3. The molecule has 0 amide bonds. The van der Waals surface area contributed by atoms with Crippen molar-refractivity contribution in [1.82, 2.24) is 14.5 Å². The predicted octanol–water partition coefficient (Wildman–Crippen LogP) is 4.57. The molecule has 1 aliphatic heterocycles. The number of nitrogens with zero attached hydrogens (tertiary/aromatic N) is 3. The van der Waals surface area contributed by atoms with Gasteiger partial charge in [-0.15, -0.1) is 0 Å². The minimum atomic E-state index is -0.445. The number of carbonyl (C=O) groups is 1. The molecule has 162 valence electrons. The van der Waals surface area contributed by atoms with Gasteiger partial charge in [-0.25, -0.2) is 4.98 Å². The zero-order chi connectivity index (χ0) is 21.7. The second-order valence-electron chi connectivity index (χ2n) is 8.49. The molecular formula is C26H31N3O2. The van der Waals surface area contributed by atoms with Gasteiger partial charge in [0.15, 0.2) is 0 Å². The molecule has 0 radical (unpaired) electrons. The van der Waals surface area contributed by atoms with Crippen molar-refractivity contribution in [2.75, 3.05) is 19.7 Å². The van der Waals surface area contributed by atoms with Crippen LogP contribution in [-0.2, 0) is 22.5 Å². The lowest BCUT2D eigenvalue weighted by Crippen LogP contribution is -2.46. The summed E-state index contributed by atoms with van der Waals surface area (Å²) in [6, 6.07) is 18.8. The average Bonchev–Trinajstić information content (AvgIpc) is 3.24. The highest BCUT2D eigenvalue weighted by Crippen LogP contribution is 2.37. The quantitative estimate of drug-likeness (QED) is 0.529. The van der Waals surface area contributed by atoms with Crippen LogP contribution in [0.1, 0.15) is 36.7 Å². The Morgan fingerprint density at radius 3 is 2.58 bits per heavy atom. The van der Waals surface area contributed by atoms with E-state index in [0.717, 1.165) is 50.4 Å². The fourth-order valence-corrected chi connectivity index (χ4v) is 4.53. The number of esters is 1. The summed E-state index contributed by atoms with van der Waals surface area (Å²) in [4.78, 5) is 20.0. The molecular weight excluding hydrogens is 386 g/mol. The van der Waals surface area contributed by atoms with Crippen LogP contribution in [0.25, 0.3) is 5.69 Å². The summed E-state index contributed by atoms with van der Waals surface area (Å²) in [6.07, 6.45) is 6.21. The number of aryl methyl sites for hydroxylation is 1. The van der Waals surface area contributed by atoms with E-state index in [0.29, 0.717) is 6.61 Å². The Labute approximate surface area is 184 Å². The van der Waals surface area contributed by atoms with Crippen molar-refractivity contribution >= 4 is 5.97 Å². The first-order valence-corrected chi connectivity index (χ1v) is 11.1. The van der Waals surface area contributed by atoms with Gasteiger partial charge >= 0.3 is 5.97 Å². The number of ether oxygens (including phenoxy) is 1. The lowest BCUT2D eigenvalue weighted by atomic mass is 9.73. The van der Waals surface area contributed by atoms with Gasteiger partial charge in [-0.05, 0) is 69.5 Å². The van der Waals surface area contributed by atoms with Crippen LogP contribution in [0.15, 0.2) is 67.0 Å². The van der Waals surface area contributed by atoms with E-state index in [4.69, 9.17) is 4.74 Å². The second kappa shape index (κ2) is 9.48. The van der Waals surface area contributed by atoms with Crippen molar-refractivity contribution < 1.29 is 9.53 Å². The first-order valence-electron chi connectivity index (χ1n) is 11.1. The smallest absolute Gasteiger partial charge is 0.312 e. The van der Waals surface area contributed by atoms with Gasteiger partial charge in [0.1, 0.15) is 5.82 Å². The minimum absolute atomic E-state index is 0.0558. The molecule has 0 bridgehead atoms. The number of likely N-dealkylation sites (tertiary alicyclic amines) is 1. The molecule has 2 aromatic carbocycles. The topological polar surface area (TPSA) is 47.4 Å². The fraction of sp³-hybridized carbons (Fsp3) is 0.385. The number of rotatable bonds is 7. The number of hydrogen-bond acceptors (Lipinski definition) is 4. The van der Waals surface area contributed by atoms with E-state index >= 15 is 0 Å². The highest BCUT2D eigenvalue weighted by molar-refractivity contribution is 5.77. The summed E-state index contributed by atoms with van der Waals surface area (Å²) in [5.74, 6) is 0.969. The lowest BCUT2D eigenvalue weighted by molar-refractivity contribution is -0.158. The zero-order valence-corrected chi connectivity index (χ0v) is 18.5. The second-order valence-corrected chi connectivity index (χ2v) is 8.49. The summed E-state index contributed by atoms with van der Waals surface area (Å²) in [5.41, 5.74) is 3.11. The third kappa shape index (κ3) is 4.88. The van der Waals surface area contributed by atoms with Gasteiger partial charge in [0.2, 0.25) is 0 Å². The maximum Gasteiger partial charge on any atom is 0.312 e. The van der Waals surface area contributed by atoms with E-state index in [1.807, 2.05) is 37.5 Å². The molecule has 5 nitrogen and oxygen atoms in total. The van der Waals surface area contributed by atoms with Crippen LogP contribution in [0.2, 0.25) is 0 Å². The Morgan fingerprint density at radius 1 is 1.10 bits per heavy atom. The minimum Gasteiger partial charge on any atom is -0.466 e. The van der Waals surface area contributed by atoms with Gasteiger partial charge in [0.25, 0.3) is 0 Å². The van der Waals surface area contributed by atoms with Gasteiger partial charge in [-0.3, -0.25) is 9.69 Å². The molecule has 0 atom stereocenters. The third-order valence-electron chi connectivity index (χ3n) is 6.27. The van der Waals surface area contributed by atoms with Gasteiger partial charge in [-0.1, -0.05) is 42.5 Å². The number of benzene rings is 2. The van der Waals surface area contributed by atoms with Gasteiger partial charge < -0.3 is 9.30 Å². The molecule has 1 aromatic heterocycles. The van der Waals surface area contributed by atoms with Crippen molar-refractivity contribution in [1.29, 1.82) is 0 Å². The maximum atomic E-state index is 13.0. The predicted molar refractivity (Wildman–Crippen MR) is 122 cm³/mol.